The lowest BCUT2D eigenvalue weighted by Gasteiger charge is -2.30. The zero-order chi connectivity index (χ0) is 16.9. The minimum Gasteiger partial charge on any atom is -0.378 e. The number of anilines is 3. The highest BCUT2D eigenvalue weighted by molar-refractivity contribution is 5.76. The minimum atomic E-state index is 0.792. The molecule has 0 aliphatic carbocycles. The molecule has 0 saturated carbocycles. The number of ether oxygens (including phenoxy) is 1. The largest absolute Gasteiger partial charge is 0.378 e. The molecule has 1 aliphatic heterocycles. The lowest BCUT2D eigenvalue weighted by atomic mass is 10.1. The molecular formula is C22H22N2O. The van der Waals surface area contributed by atoms with Gasteiger partial charge in [0.2, 0.25) is 0 Å². The summed E-state index contributed by atoms with van der Waals surface area (Å²) in [4.78, 5) is 2.38. The third-order valence-electron chi connectivity index (χ3n) is 4.53. The van der Waals surface area contributed by atoms with Crippen LogP contribution in [0.5, 0.6) is 0 Å². The fraction of sp³-hybridized carbons (Fsp3) is 0.182. The van der Waals surface area contributed by atoms with Crippen molar-refractivity contribution < 1.29 is 4.74 Å². The molecule has 1 heterocycles. The first kappa shape index (κ1) is 15.7. The standard InChI is InChI=1S/C22H22N2O/c1-2-6-18(7-3-1)19-10-12-20(13-11-19)23-21-8-4-5-9-22(21)24-14-16-25-17-15-24/h1-13,23H,14-17H2. The van der Waals surface area contributed by atoms with E-state index in [0.717, 1.165) is 37.7 Å². The third kappa shape index (κ3) is 3.67. The van der Waals surface area contributed by atoms with E-state index in [1.165, 1.54) is 16.8 Å². The Hall–Kier alpha value is -2.78. The van der Waals surface area contributed by atoms with E-state index >= 15 is 0 Å². The molecule has 0 aromatic heterocycles. The predicted octanol–water partition coefficient (Wildman–Crippen LogP) is 4.93. The van der Waals surface area contributed by atoms with Gasteiger partial charge >= 0.3 is 0 Å². The van der Waals surface area contributed by atoms with Crippen molar-refractivity contribution >= 4 is 17.1 Å². The van der Waals surface area contributed by atoms with E-state index in [0.29, 0.717) is 0 Å². The van der Waals surface area contributed by atoms with Gasteiger partial charge in [-0.2, -0.15) is 0 Å². The Labute approximate surface area is 148 Å². The van der Waals surface area contributed by atoms with E-state index in [9.17, 15) is 0 Å². The van der Waals surface area contributed by atoms with Gasteiger partial charge < -0.3 is 15.0 Å². The van der Waals surface area contributed by atoms with E-state index in [1.54, 1.807) is 0 Å². The van der Waals surface area contributed by atoms with Crippen LogP contribution in [0.4, 0.5) is 17.1 Å². The van der Waals surface area contributed by atoms with Gasteiger partial charge in [0.05, 0.1) is 24.6 Å². The Morgan fingerprint density at radius 2 is 1.32 bits per heavy atom. The van der Waals surface area contributed by atoms with Crippen LogP contribution in [0.15, 0.2) is 78.9 Å². The minimum absolute atomic E-state index is 0.792. The van der Waals surface area contributed by atoms with E-state index in [1.807, 2.05) is 6.07 Å². The summed E-state index contributed by atoms with van der Waals surface area (Å²) in [5, 5.41) is 3.57. The number of nitrogens with zero attached hydrogens (tertiary/aromatic N) is 1. The summed E-state index contributed by atoms with van der Waals surface area (Å²) in [6.07, 6.45) is 0. The molecule has 0 bridgehead atoms. The Bertz CT molecular complexity index is 809. The second-order valence-corrected chi connectivity index (χ2v) is 6.18. The average Bonchev–Trinajstić information content (AvgIpc) is 2.70. The molecule has 0 amide bonds. The molecule has 1 N–H and O–H groups in total. The lowest BCUT2D eigenvalue weighted by molar-refractivity contribution is 0.123. The molecule has 126 valence electrons. The Kier molecular flexibility index (Phi) is 4.66. The first-order valence-electron chi connectivity index (χ1n) is 8.74. The smallest absolute Gasteiger partial charge is 0.0642 e. The van der Waals surface area contributed by atoms with Crippen LogP contribution < -0.4 is 10.2 Å². The summed E-state index contributed by atoms with van der Waals surface area (Å²) in [7, 11) is 0. The topological polar surface area (TPSA) is 24.5 Å². The zero-order valence-electron chi connectivity index (χ0n) is 14.2. The number of nitrogens with one attached hydrogen (secondary N) is 1. The van der Waals surface area contributed by atoms with Crippen LogP contribution in [0, 0.1) is 0 Å². The maximum Gasteiger partial charge on any atom is 0.0642 e. The summed E-state index contributed by atoms with van der Waals surface area (Å²) in [6.45, 7) is 3.46. The highest BCUT2D eigenvalue weighted by Crippen LogP contribution is 2.30. The molecule has 1 aliphatic rings. The van der Waals surface area contributed by atoms with Gasteiger partial charge in [-0.25, -0.2) is 0 Å². The highest BCUT2D eigenvalue weighted by atomic mass is 16.5. The SMILES string of the molecule is c1ccc(-c2ccc(Nc3ccccc3N3CCOCC3)cc2)cc1. The van der Waals surface area contributed by atoms with E-state index in [-0.39, 0.29) is 0 Å². The van der Waals surface area contributed by atoms with Crippen LogP contribution in [0.2, 0.25) is 0 Å². The van der Waals surface area contributed by atoms with Gasteiger partial charge in [0.1, 0.15) is 0 Å². The predicted molar refractivity (Wildman–Crippen MR) is 105 cm³/mol. The molecule has 0 radical (unpaired) electrons. The van der Waals surface area contributed by atoms with Gasteiger partial charge in [-0.1, -0.05) is 54.6 Å². The first-order valence-corrected chi connectivity index (χ1v) is 8.74. The van der Waals surface area contributed by atoms with Gasteiger partial charge in [0.25, 0.3) is 0 Å². The van der Waals surface area contributed by atoms with Gasteiger partial charge in [-0.05, 0) is 35.4 Å². The molecule has 25 heavy (non-hydrogen) atoms. The van der Waals surface area contributed by atoms with Crippen LogP contribution in [-0.4, -0.2) is 26.3 Å². The fourth-order valence-corrected chi connectivity index (χ4v) is 3.19. The van der Waals surface area contributed by atoms with Crippen LogP contribution in [0.1, 0.15) is 0 Å². The van der Waals surface area contributed by atoms with Crippen LogP contribution >= 0.6 is 0 Å². The Balaban J connectivity index is 1.54. The Morgan fingerprint density at radius 3 is 2.08 bits per heavy atom. The van der Waals surface area contributed by atoms with Gasteiger partial charge in [0.15, 0.2) is 0 Å². The summed E-state index contributed by atoms with van der Waals surface area (Å²) >= 11 is 0. The second-order valence-electron chi connectivity index (χ2n) is 6.18. The quantitative estimate of drug-likeness (QED) is 0.734. The number of benzene rings is 3. The van der Waals surface area contributed by atoms with Crippen LogP contribution in [0.3, 0.4) is 0 Å². The van der Waals surface area contributed by atoms with Crippen molar-refractivity contribution in [1.29, 1.82) is 0 Å². The number of hydrogen-bond acceptors (Lipinski definition) is 3. The lowest BCUT2D eigenvalue weighted by Crippen LogP contribution is -2.36. The van der Waals surface area contributed by atoms with E-state index in [4.69, 9.17) is 4.74 Å². The molecule has 1 saturated heterocycles. The average molecular weight is 330 g/mol. The van der Waals surface area contributed by atoms with E-state index < -0.39 is 0 Å². The first-order chi connectivity index (χ1) is 12.4. The normalized spacial score (nSPS) is 14.3. The monoisotopic (exact) mass is 330 g/mol. The zero-order valence-corrected chi connectivity index (χ0v) is 14.2. The van der Waals surface area contributed by atoms with Crippen molar-refractivity contribution in [1.82, 2.24) is 0 Å². The van der Waals surface area contributed by atoms with Crippen molar-refractivity contribution in [2.45, 2.75) is 0 Å². The van der Waals surface area contributed by atoms with Crippen molar-refractivity contribution in [3.8, 4) is 11.1 Å². The number of morpholine rings is 1. The van der Waals surface area contributed by atoms with Crippen LogP contribution in [0.25, 0.3) is 11.1 Å². The van der Waals surface area contributed by atoms with Crippen molar-refractivity contribution in [2.24, 2.45) is 0 Å². The summed E-state index contributed by atoms with van der Waals surface area (Å²) in [6, 6.07) is 27.5. The Morgan fingerprint density at radius 1 is 0.680 bits per heavy atom. The van der Waals surface area contributed by atoms with Gasteiger partial charge in [0, 0.05) is 18.8 Å². The third-order valence-corrected chi connectivity index (χ3v) is 4.53. The maximum atomic E-state index is 5.47. The summed E-state index contributed by atoms with van der Waals surface area (Å²) < 4.78 is 5.47. The maximum absolute atomic E-state index is 5.47. The number of hydrogen-bond donors (Lipinski definition) is 1. The molecule has 0 unspecified atom stereocenters. The number of rotatable bonds is 4. The molecule has 3 heteroatoms. The molecule has 0 atom stereocenters. The molecular weight excluding hydrogens is 308 g/mol. The van der Waals surface area contributed by atoms with Crippen molar-refractivity contribution in [3.63, 3.8) is 0 Å². The molecule has 3 aromatic rings. The molecule has 3 aromatic carbocycles. The van der Waals surface area contributed by atoms with Crippen molar-refractivity contribution in [2.75, 3.05) is 36.5 Å². The van der Waals surface area contributed by atoms with Crippen LogP contribution in [-0.2, 0) is 4.74 Å². The van der Waals surface area contributed by atoms with Gasteiger partial charge in [-0.15, -0.1) is 0 Å². The van der Waals surface area contributed by atoms with Crippen molar-refractivity contribution in [3.05, 3.63) is 78.9 Å². The molecule has 4 rings (SSSR count). The van der Waals surface area contributed by atoms with E-state index in [2.05, 4.69) is 83.0 Å². The summed E-state index contributed by atoms with van der Waals surface area (Å²) in [5.41, 5.74) is 5.94. The summed E-state index contributed by atoms with van der Waals surface area (Å²) in [5.74, 6) is 0. The molecule has 3 nitrogen and oxygen atoms in total. The molecule has 0 spiro atoms. The highest BCUT2D eigenvalue weighted by Gasteiger charge is 2.14. The fourth-order valence-electron chi connectivity index (χ4n) is 3.19. The molecule has 1 fully saturated rings. The number of para-hydroxylation sites is 2. The second kappa shape index (κ2) is 7.41. The van der Waals surface area contributed by atoms with Gasteiger partial charge in [-0.3, -0.25) is 0 Å².